The van der Waals surface area contributed by atoms with E-state index in [1.54, 1.807) is 48.5 Å². The quantitative estimate of drug-likeness (QED) is 0.311. The maximum absolute atomic E-state index is 13.1. The van der Waals surface area contributed by atoms with Gasteiger partial charge in [0.15, 0.2) is 5.71 Å². The van der Waals surface area contributed by atoms with Crippen molar-refractivity contribution in [1.29, 1.82) is 0 Å². The van der Waals surface area contributed by atoms with Crippen molar-refractivity contribution in [3.8, 4) is 0 Å². The summed E-state index contributed by atoms with van der Waals surface area (Å²) in [6.45, 7) is 0.190. The molecule has 5 nitrogen and oxygen atoms in total. The molecule has 31 heavy (non-hydrogen) atoms. The van der Waals surface area contributed by atoms with Crippen LogP contribution >= 0.6 is 46.4 Å². The van der Waals surface area contributed by atoms with Gasteiger partial charge in [-0.3, -0.25) is 4.79 Å². The van der Waals surface area contributed by atoms with E-state index in [0.29, 0.717) is 26.9 Å². The summed E-state index contributed by atoms with van der Waals surface area (Å²) in [4.78, 5) is 32.1. The number of halogens is 4. The maximum Gasteiger partial charge on any atom is 0.368 e. The largest absolute Gasteiger partial charge is 0.368 e. The van der Waals surface area contributed by atoms with Crippen molar-refractivity contribution in [2.45, 2.75) is 6.54 Å². The van der Waals surface area contributed by atoms with Crippen LogP contribution in [0.25, 0.3) is 0 Å². The van der Waals surface area contributed by atoms with E-state index < -0.39 is 11.9 Å². The molecule has 156 valence electrons. The van der Waals surface area contributed by atoms with Gasteiger partial charge in [-0.15, -0.1) is 0 Å². The van der Waals surface area contributed by atoms with E-state index >= 15 is 0 Å². The molecule has 0 saturated heterocycles. The molecule has 0 fully saturated rings. The molecule has 0 spiro atoms. The molecule has 0 atom stereocenters. The number of benzene rings is 3. The van der Waals surface area contributed by atoms with Crippen LogP contribution in [0.15, 0.2) is 65.8 Å². The van der Waals surface area contributed by atoms with Gasteiger partial charge in [-0.2, -0.15) is 0 Å². The van der Waals surface area contributed by atoms with Gasteiger partial charge in [0, 0.05) is 15.6 Å². The van der Waals surface area contributed by atoms with Gasteiger partial charge in [-0.25, -0.2) is 4.79 Å². The highest BCUT2D eigenvalue weighted by atomic mass is 35.5. The molecule has 1 heterocycles. The third kappa shape index (κ3) is 4.27. The third-order valence-electron chi connectivity index (χ3n) is 4.63. The zero-order chi connectivity index (χ0) is 22.1. The van der Waals surface area contributed by atoms with Gasteiger partial charge in [0.05, 0.1) is 27.8 Å². The van der Waals surface area contributed by atoms with Gasteiger partial charge >= 0.3 is 5.97 Å². The summed E-state index contributed by atoms with van der Waals surface area (Å²) in [7, 11) is 0. The molecular formula is C22H12Cl4N2O3. The fraction of sp³-hybridized carbons (Fsp3) is 0.0455. The standard InChI is InChI=1S/C22H12Cl4N2O3/c23-13-9-8-12(17(26)10-13)11-28-18-7-2-1-4-14(18)20(21(28)29)27-31-22(30)19-15(24)5-3-6-16(19)25/h1-10H,11H2. The highest BCUT2D eigenvalue weighted by Crippen LogP contribution is 2.33. The summed E-state index contributed by atoms with van der Waals surface area (Å²) in [6, 6.07) is 16.7. The number of amides is 1. The lowest BCUT2D eigenvalue weighted by Gasteiger charge is -2.17. The Labute approximate surface area is 197 Å². The van der Waals surface area contributed by atoms with Gasteiger partial charge in [0.25, 0.3) is 5.91 Å². The number of oxime groups is 1. The normalized spacial score (nSPS) is 14.1. The summed E-state index contributed by atoms with van der Waals surface area (Å²) in [5.74, 6) is -1.31. The SMILES string of the molecule is O=C(ON=C1C(=O)N(Cc2ccc(Cl)cc2Cl)c2ccccc21)c1c(Cl)cccc1Cl. The van der Waals surface area contributed by atoms with E-state index in [2.05, 4.69) is 5.16 Å². The van der Waals surface area contributed by atoms with Crippen LogP contribution < -0.4 is 4.90 Å². The van der Waals surface area contributed by atoms with E-state index in [1.165, 1.54) is 17.0 Å². The number of hydrogen-bond donors (Lipinski definition) is 0. The Bertz CT molecular complexity index is 1220. The molecule has 0 aliphatic carbocycles. The first-order chi connectivity index (χ1) is 14.9. The molecule has 1 amide bonds. The van der Waals surface area contributed by atoms with Gasteiger partial charge in [-0.1, -0.05) is 81.9 Å². The summed E-state index contributed by atoms with van der Waals surface area (Å²) in [5, 5.41) is 5.01. The highest BCUT2D eigenvalue weighted by Gasteiger charge is 2.35. The Balaban J connectivity index is 1.65. The lowest BCUT2D eigenvalue weighted by atomic mass is 10.1. The smallest absolute Gasteiger partial charge is 0.312 e. The first kappa shape index (κ1) is 21.7. The second kappa shape index (κ2) is 8.89. The predicted octanol–water partition coefficient (Wildman–Crippen LogP) is 6.41. The molecule has 1 aliphatic rings. The molecule has 0 unspecified atom stereocenters. The van der Waals surface area contributed by atoms with Crippen LogP contribution in [-0.4, -0.2) is 17.6 Å². The van der Waals surface area contributed by atoms with Gasteiger partial charge in [0.2, 0.25) is 0 Å². The number of carbonyl (C=O) groups excluding carboxylic acids is 2. The molecule has 4 rings (SSSR count). The van der Waals surface area contributed by atoms with Crippen LogP contribution in [0.4, 0.5) is 5.69 Å². The highest BCUT2D eigenvalue weighted by molar-refractivity contribution is 6.54. The fourth-order valence-corrected chi connectivity index (χ4v) is 4.17. The minimum Gasteiger partial charge on any atom is -0.312 e. The van der Waals surface area contributed by atoms with E-state index in [4.69, 9.17) is 51.2 Å². The van der Waals surface area contributed by atoms with Crippen molar-refractivity contribution in [2.75, 3.05) is 4.90 Å². The van der Waals surface area contributed by atoms with E-state index in [-0.39, 0.29) is 27.9 Å². The van der Waals surface area contributed by atoms with E-state index in [9.17, 15) is 9.59 Å². The lowest BCUT2D eigenvalue weighted by Crippen LogP contribution is -2.30. The minimum atomic E-state index is -0.868. The van der Waals surface area contributed by atoms with Gasteiger partial charge in [-0.05, 0) is 35.9 Å². The zero-order valence-corrected chi connectivity index (χ0v) is 18.6. The second-order valence-corrected chi connectivity index (χ2v) is 8.22. The Hall–Kier alpha value is -2.57. The number of fused-ring (bicyclic) bond motifs is 1. The topological polar surface area (TPSA) is 59.0 Å². The van der Waals surface area contributed by atoms with Crippen molar-refractivity contribution in [3.05, 3.63) is 97.4 Å². The summed E-state index contributed by atoms with van der Waals surface area (Å²) >= 11 is 24.3. The molecule has 1 aliphatic heterocycles. The van der Waals surface area contributed by atoms with Gasteiger partial charge < -0.3 is 9.74 Å². The van der Waals surface area contributed by atoms with Gasteiger partial charge in [0.1, 0.15) is 0 Å². The summed E-state index contributed by atoms with van der Waals surface area (Å²) in [6.07, 6.45) is 0. The van der Waals surface area contributed by atoms with Crippen LogP contribution in [0, 0.1) is 0 Å². The van der Waals surface area contributed by atoms with Crippen LogP contribution in [0.1, 0.15) is 21.5 Å². The van der Waals surface area contributed by atoms with Crippen molar-refractivity contribution in [3.63, 3.8) is 0 Å². The van der Waals surface area contributed by atoms with Crippen LogP contribution in [0.3, 0.4) is 0 Å². The number of anilines is 1. The average Bonchev–Trinajstić information content (AvgIpc) is 2.99. The molecule has 9 heteroatoms. The Morgan fingerprint density at radius 1 is 0.903 bits per heavy atom. The molecule has 0 saturated carbocycles. The Kier molecular flexibility index (Phi) is 6.21. The molecular weight excluding hydrogens is 482 g/mol. The van der Waals surface area contributed by atoms with Crippen molar-refractivity contribution < 1.29 is 14.4 Å². The van der Waals surface area contributed by atoms with Crippen LogP contribution in [0.5, 0.6) is 0 Å². The number of carbonyl (C=O) groups is 2. The molecule has 0 N–H and O–H groups in total. The predicted molar refractivity (Wildman–Crippen MR) is 123 cm³/mol. The Morgan fingerprint density at radius 3 is 2.32 bits per heavy atom. The molecule has 0 bridgehead atoms. The first-order valence-electron chi connectivity index (χ1n) is 8.95. The summed E-state index contributed by atoms with van der Waals surface area (Å²) < 4.78 is 0. The monoisotopic (exact) mass is 492 g/mol. The van der Waals surface area contributed by atoms with E-state index in [1.807, 2.05) is 0 Å². The van der Waals surface area contributed by atoms with Crippen LogP contribution in [0.2, 0.25) is 20.1 Å². The molecule has 0 radical (unpaired) electrons. The zero-order valence-electron chi connectivity index (χ0n) is 15.6. The maximum atomic E-state index is 13.1. The first-order valence-corrected chi connectivity index (χ1v) is 10.5. The molecule has 0 aromatic heterocycles. The minimum absolute atomic E-state index is 0.0165. The summed E-state index contributed by atoms with van der Waals surface area (Å²) in [5.41, 5.74) is 1.80. The second-order valence-electron chi connectivity index (χ2n) is 6.56. The third-order valence-corrected chi connectivity index (χ3v) is 5.84. The average molecular weight is 494 g/mol. The number of nitrogens with zero attached hydrogens (tertiary/aromatic N) is 2. The van der Waals surface area contributed by atoms with Crippen LogP contribution in [-0.2, 0) is 16.2 Å². The number of hydrogen-bond acceptors (Lipinski definition) is 4. The number of para-hydroxylation sites is 1. The molecule has 3 aromatic carbocycles. The Morgan fingerprint density at radius 2 is 1.61 bits per heavy atom. The lowest BCUT2D eigenvalue weighted by molar-refractivity contribution is -0.112. The van der Waals surface area contributed by atoms with Crippen molar-refractivity contribution in [1.82, 2.24) is 0 Å². The van der Waals surface area contributed by atoms with E-state index in [0.717, 1.165) is 0 Å². The molecule has 3 aromatic rings. The fourth-order valence-electron chi connectivity index (χ4n) is 3.15. The van der Waals surface area contributed by atoms with Crippen molar-refractivity contribution in [2.24, 2.45) is 5.16 Å². The van der Waals surface area contributed by atoms with Crippen molar-refractivity contribution >= 4 is 69.7 Å². The number of rotatable bonds is 4.